The SMILES string of the molecule is Cc1cc(-c2cc(-c3ccn(C)c3)nc(N)c2C#N)oc1C. The Kier molecular flexibility index (Phi) is 3.22. The van der Waals surface area contributed by atoms with Gasteiger partial charge in [0.25, 0.3) is 0 Å². The molecule has 22 heavy (non-hydrogen) atoms. The van der Waals surface area contributed by atoms with Crippen LogP contribution < -0.4 is 5.73 Å². The lowest BCUT2D eigenvalue weighted by Gasteiger charge is -2.07. The molecule has 0 aromatic carbocycles. The van der Waals surface area contributed by atoms with Crippen LogP contribution in [0.4, 0.5) is 5.82 Å². The molecule has 2 N–H and O–H groups in total. The standard InChI is InChI=1S/C17H16N4O/c1-10-6-16(22-11(10)2)13-7-15(12-4-5-21(3)9-12)20-17(19)14(13)8-18/h4-7,9H,1-3H3,(H2,19,20). The summed E-state index contributed by atoms with van der Waals surface area (Å²) in [6.45, 7) is 3.87. The number of aryl methyl sites for hydroxylation is 3. The Bertz CT molecular complexity index is 877. The van der Waals surface area contributed by atoms with Crippen molar-refractivity contribution in [3.05, 3.63) is 47.5 Å². The quantitative estimate of drug-likeness (QED) is 0.784. The van der Waals surface area contributed by atoms with E-state index >= 15 is 0 Å². The third kappa shape index (κ3) is 2.25. The lowest BCUT2D eigenvalue weighted by Crippen LogP contribution is -1.99. The van der Waals surface area contributed by atoms with Crippen LogP contribution in [0.25, 0.3) is 22.6 Å². The Hall–Kier alpha value is -3.00. The van der Waals surface area contributed by atoms with Crippen molar-refractivity contribution in [3.63, 3.8) is 0 Å². The maximum absolute atomic E-state index is 9.39. The van der Waals surface area contributed by atoms with Gasteiger partial charge in [-0.2, -0.15) is 5.26 Å². The molecule has 5 heteroatoms. The molecule has 0 unspecified atom stereocenters. The van der Waals surface area contributed by atoms with Gasteiger partial charge in [0.05, 0.1) is 5.69 Å². The molecular weight excluding hydrogens is 276 g/mol. The number of nitriles is 1. The average molecular weight is 292 g/mol. The second-order valence-electron chi connectivity index (χ2n) is 5.34. The first kappa shape index (κ1) is 14.0. The zero-order valence-electron chi connectivity index (χ0n) is 12.7. The topological polar surface area (TPSA) is 80.8 Å². The van der Waals surface area contributed by atoms with Gasteiger partial charge in [-0.25, -0.2) is 4.98 Å². The van der Waals surface area contributed by atoms with Gasteiger partial charge in [-0.1, -0.05) is 0 Å². The van der Waals surface area contributed by atoms with Crippen molar-refractivity contribution >= 4 is 5.82 Å². The monoisotopic (exact) mass is 292 g/mol. The summed E-state index contributed by atoms with van der Waals surface area (Å²) in [7, 11) is 1.94. The van der Waals surface area contributed by atoms with E-state index in [9.17, 15) is 5.26 Å². The fourth-order valence-electron chi connectivity index (χ4n) is 2.39. The van der Waals surface area contributed by atoms with E-state index in [0.29, 0.717) is 16.9 Å². The number of nitrogen functional groups attached to an aromatic ring is 1. The average Bonchev–Trinajstić information content (AvgIpc) is 3.05. The van der Waals surface area contributed by atoms with E-state index in [1.807, 2.05) is 56.1 Å². The number of nitrogens with two attached hydrogens (primary N) is 1. The van der Waals surface area contributed by atoms with E-state index in [0.717, 1.165) is 22.6 Å². The van der Waals surface area contributed by atoms with Gasteiger partial charge in [0.2, 0.25) is 0 Å². The summed E-state index contributed by atoms with van der Waals surface area (Å²) in [5.41, 5.74) is 9.69. The molecule has 3 heterocycles. The van der Waals surface area contributed by atoms with Gasteiger partial charge in [-0.05, 0) is 37.6 Å². The molecule has 3 aromatic heterocycles. The summed E-state index contributed by atoms with van der Waals surface area (Å²) in [5.74, 6) is 1.68. The van der Waals surface area contributed by atoms with Gasteiger partial charge in [0.15, 0.2) is 0 Å². The minimum absolute atomic E-state index is 0.213. The van der Waals surface area contributed by atoms with Crippen molar-refractivity contribution in [1.82, 2.24) is 9.55 Å². The predicted molar refractivity (Wildman–Crippen MR) is 84.9 cm³/mol. The number of pyridine rings is 1. The van der Waals surface area contributed by atoms with Crippen molar-refractivity contribution in [3.8, 4) is 28.7 Å². The highest BCUT2D eigenvalue weighted by molar-refractivity contribution is 5.78. The highest BCUT2D eigenvalue weighted by Gasteiger charge is 2.17. The Morgan fingerprint density at radius 2 is 2.09 bits per heavy atom. The largest absolute Gasteiger partial charge is 0.461 e. The van der Waals surface area contributed by atoms with E-state index in [1.165, 1.54) is 0 Å². The number of aromatic nitrogens is 2. The molecule has 0 aliphatic heterocycles. The molecule has 0 amide bonds. The maximum atomic E-state index is 9.39. The van der Waals surface area contributed by atoms with Gasteiger partial charge in [0.1, 0.15) is 29.0 Å². The first-order valence-electron chi connectivity index (χ1n) is 6.90. The first-order chi connectivity index (χ1) is 10.5. The van der Waals surface area contributed by atoms with Crippen molar-refractivity contribution in [1.29, 1.82) is 5.26 Å². The third-order valence-electron chi connectivity index (χ3n) is 3.72. The van der Waals surface area contributed by atoms with Gasteiger partial charge >= 0.3 is 0 Å². The number of anilines is 1. The Labute approximate surface area is 128 Å². The molecule has 3 aromatic rings. The van der Waals surface area contributed by atoms with Crippen LogP contribution in [0, 0.1) is 25.2 Å². The smallest absolute Gasteiger partial charge is 0.142 e. The zero-order valence-corrected chi connectivity index (χ0v) is 12.7. The van der Waals surface area contributed by atoms with Gasteiger partial charge < -0.3 is 14.7 Å². The Morgan fingerprint density at radius 3 is 2.64 bits per heavy atom. The third-order valence-corrected chi connectivity index (χ3v) is 3.72. The maximum Gasteiger partial charge on any atom is 0.142 e. The molecule has 0 fully saturated rings. The minimum atomic E-state index is 0.213. The molecule has 0 saturated carbocycles. The molecule has 0 aliphatic carbocycles. The van der Waals surface area contributed by atoms with E-state index in [1.54, 1.807) is 0 Å². The summed E-state index contributed by atoms with van der Waals surface area (Å²) in [6, 6.07) is 7.84. The van der Waals surface area contributed by atoms with Crippen molar-refractivity contribution < 1.29 is 4.42 Å². The van der Waals surface area contributed by atoms with Crippen LogP contribution >= 0.6 is 0 Å². The second kappa shape index (κ2) is 5.08. The van der Waals surface area contributed by atoms with E-state index < -0.39 is 0 Å². The molecule has 0 aliphatic rings. The molecule has 5 nitrogen and oxygen atoms in total. The molecule has 0 atom stereocenters. The molecule has 0 radical (unpaired) electrons. The highest BCUT2D eigenvalue weighted by atomic mass is 16.3. The summed E-state index contributed by atoms with van der Waals surface area (Å²) < 4.78 is 7.69. The van der Waals surface area contributed by atoms with Crippen molar-refractivity contribution in [2.45, 2.75) is 13.8 Å². The summed E-state index contributed by atoms with van der Waals surface area (Å²) in [4.78, 5) is 4.34. The Balaban J connectivity index is 2.23. The molecule has 110 valence electrons. The van der Waals surface area contributed by atoms with Crippen molar-refractivity contribution in [2.75, 3.05) is 5.73 Å². The van der Waals surface area contributed by atoms with Crippen LogP contribution in [0.2, 0.25) is 0 Å². The number of hydrogen-bond acceptors (Lipinski definition) is 4. The van der Waals surface area contributed by atoms with Gasteiger partial charge in [-0.15, -0.1) is 0 Å². The van der Waals surface area contributed by atoms with Crippen LogP contribution in [0.15, 0.2) is 35.0 Å². The van der Waals surface area contributed by atoms with Crippen LogP contribution in [0.1, 0.15) is 16.9 Å². The molecular formula is C17H16N4O. The van der Waals surface area contributed by atoms with Crippen LogP contribution in [0.5, 0.6) is 0 Å². The van der Waals surface area contributed by atoms with Crippen molar-refractivity contribution in [2.24, 2.45) is 7.05 Å². The van der Waals surface area contributed by atoms with E-state index in [-0.39, 0.29) is 5.82 Å². The molecule has 0 bridgehead atoms. The fourth-order valence-corrected chi connectivity index (χ4v) is 2.39. The summed E-state index contributed by atoms with van der Waals surface area (Å²) >= 11 is 0. The lowest BCUT2D eigenvalue weighted by molar-refractivity contribution is 0.545. The number of furan rings is 1. The normalized spacial score (nSPS) is 10.6. The van der Waals surface area contributed by atoms with Crippen LogP contribution in [0.3, 0.4) is 0 Å². The minimum Gasteiger partial charge on any atom is -0.461 e. The van der Waals surface area contributed by atoms with Crippen LogP contribution in [-0.4, -0.2) is 9.55 Å². The van der Waals surface area contributed by atoms with Crippen LogP contribution in [-0.2, 0) is 7.05 Å². The lowest BCUT2D eigenvalue weighted by atomic mass is 10.0. The molecule has 0 saturated heterocycles. The first-order valence-corrected chi connectivity index (χ1v) is 6.90. The van der Waals surface area contributed by atoms with Gasteiger partial charge in [-0.3, -0.25) is 0 Å². The summed E-state index contributed by atoms with van der Waals surface area (Å²) in [6.07, 6.45) is 3.89. The van der Waals surface area contributed by atoms with E-state index in [2.05, 4.69) is 11.1 Å². The molecule has 3 rings (SSSR count). The zero-order chi connectivity index (χ0) is 15.9. The number of rotatable bonds is 2. The highest BCUT2D eigenvalue weighted by Crippen LogP contribution is 2.33. The number of hydrogen-bond donors (Lipinski definition) is 1. The van der Waals surface area contributed by atoms with Gasteiger partial charge in [0, 0.05) is 30.6 Å². The van der Waals surface area contributed by atoms with E-state index in [4.69, 9.17) is 10.2 Å². The predicted octanol–water partition coefficient (Wildman–Crippen LogP) is 3.42. The fraction of sp³-hybridized carbons (Fsp3) is 0.176. The Morgan fingerprint density at radius 1 is 1.32 bits per heavy atom. The second-order valence-corrected chi connectivity index (χ2v) is 5.34. The molecule has 0 spiro atoms. The summed E-state index contributed by atoms with van der Waals surface area (Å²) in [5, 5.41) is 9.39. The number of nitrogens with zero attached hydrogens (tertiary/aromatic N) is 3.